The smallest absolute Gasteiger partial charge is 0.338 e. The summed E-state index contributed by atoms with van der Waals surface area (Å²) in [5.41, 5.74) is 5.91. The third kappa shape index (κ3) is 5.80. The minimum absolute atomic E-state index is 0.117. The zero-order chi connectivity index (χ0) is 20.5. The fourth-order valence-corrected chi connectivity index (χ4v) is 2.45. The Kier molecular flexibility index (Phi) is 7.50. The van der Waals surface area contributed by atoms with Crippen LogP contribution in [-0.2, 0) is 9.53 Å². The van der Waals surface area contributed by atoms with Crippen molar-refractivity contribution in [3.63, 3.8) is 0 Å². The van der Waals surface area contributed by atoms with E-state index in [2.05, 4.69) is 15.8 Å². The number of hydrazine groups is 1. The molecule has 28 heavy (non-hydrogen) atoms. The first-order valence-corrected chi connectivity index (χ1v) is 8.81. The Morgan fingerprint density at radius 2 is 1.46 bits per heavy atom. The fraction of sp³-hybridized carbons (Fsp3) is 0.250. The van der Waals surface area contributed by atoms with Crippen LogP contribution >= 0.6 is 0 Å². The maximum absolute atomic E-state index is 12.8. The Bertz CT molecular complexity index is 818. The molecule has 0 atom stereocenters. The summed E-state index contributed by atoms with van der Waals surface area (Å²) in [4.78, 5) is 37.7. The number of nitrogens with one attached hydrogen (secondary N) is 2. The van der Waals surface area contributed by atoms with Gasteiger partial charge < -0.3 is 9.64 Å². The molecule has 2 aromatic rings. The van der Waals surface area contributed by atoms with Gasteiger partial charge >= 0.3 is 5.97 Å². The van der Waals surface area contributed by atoms with E-state index >= 15 is 0 Å². The number of carbonyl (C=O) groups excluding carboxylic acids is 3. The number of halogens is 1. The van der Waals surface area contributed by atoms with Gasteiger partial charge in [0, 0.05) is 24.3 Å². The standard InChI is InChI=1S/C20H22FN3O4/c1-3-24(4-2)17-11-7-14(8-12-17)19(26)23-22-18(25)13-28-20(27)15-5-9-16(21)10-6-15/h5-12H,3-4,13H2,1-2H3,(H,22,25)(H,23,26). The molecule has 0 aliphatic rings. The van der Waals surface area contributed by atoms with E-state index in [1.54, 1.807) is 12.1 Å². The maximum atomic E-state index is 12.8. The third-order valence-electron chi connectivity index (χ3n) is 3.99. The summed E-state index contributed by atoms with van der Waals surface area (Å²) >= 11 is 0. The SMILES string of the molecule is CCN(CC)c1ccc(C(=O)NNC(=O)COC(=O)c2ccc(F)cc2)cc1. The number of carbonyl (C=O) groups is 3. The molecular formula is C20H22FN3O4. The van der Waals surface area contributed by atoms with Gasteiger partial charge in [0.1, 0.15) is 5.82 Å². The van der Waals surface area contributed by atoms with Crippen LogP contribution in [0.5, 0.6) is 0 Å². The van der Waals surface area contributed by atoms with E-state index in [9.17, 15) is 18.8 Å². The van der Waals surface area contributed by atoms with Gasteiger partial charge in [-0.05, 0) is 62.4 Å². The highest BCUT2D eigenvalue weighted by Gasteiger charge is 2.12. The molecule has 0 aliphatic heterocycles. The first-order chi connectivity index (χ1) is 13.4. The molecule has 2 N–H and O–H groups in total. The summed E-state index contributed by atoms with van der Waals surface area (Å²) in [5, 5.41) is 0. The summed E-state index contributed by atoms with van der Waals surface area (Å²) in [6.07, 6.45) is 0. The van der Waals surface area contributed by atoms with Crippen molar-refractivity contribution in [1.29, 1.82) is 0 Å². The van der Waals surface area contributed by atoms with Crippen molar-refractivity contribution in [3.05, 3.63) is 65.5 Å². The first kappa shape index (κ1) is 20.9. The molecule has 0 saturated heterocycles. The highest BCUT2D eigenvalue weighted by atomic mass is 19.1. The van der Waals surface area contributed by atoms with Crippen LogP contribution in [-0.4, -0.2) is 37.5 Å². The Hall–Kier alpha value is -3.42. The number of amides is 2. The lowest BCUT2D eigenvalue weighted by molar-refractivity contribution is -0.125. The number of hydrogen-bond acceptors (Lipinski definition) is 5. The molecule has 2 aromatic carbocycles. The molecule has 2 rings (SSSR count). The zero-order valence-corrected chi connectivity index (χ0v) is 15.7. The molecule has 7 nitrogen and oxygen atoms in total. The second-order valence-corrected chi connectivity index (χ2v) is 5.80. The summed E-state index contributed by atoms with van der Waals surface area (Å²) in [6.45, 7) is 5.21. The van der Waals surface area contributed by atoms with Crippen molar-refractivity contribution in [2.24, 2.45) is 0 Å². The van der Waals surface area contributed by atoms with Gasteiger partial charge in [0.05, 0.1) is 5.56 Å². The lowest BCUT2D eigenvalue weighted by Crippen LogP contribution is -2.43. The molecule has 0 bridgehead atoms. The van der Waals surface area contributed by atoms with E-state index in [0.717, 1.165) is 30.9 Å². The number of benzene rings is 2. The number of anilines is 1. The van der Waals surface area contributed by atoms with Crippen molar-refractivity contribution in [2.45, 2.75) is 13.8 Å². The molecule has 0 spiro atoms. The van der Waals surface area contributed by atoms with Crippen LogP contribution in [0.4, 0.5) is 10.1 Å². The van der Waals surface area contributed by atoms with Crippen LogP contribution in [0.2, 0.25) is 0 Å². The van der Waals surface area contributed by atoms with Crippen LogP contribution in [0, 0.1) is 5.82 Å². The number of nitrogens with zero attached hydrogens (tertiary/aromatic N) is 1. The van der Waals surface area contributed by atoms with Gasteiger partial charge in [-0.1, -0.05) is 0 Å². The zero-order valence-electron chi connectivity index (χ0n) is 15.7. The Balaban J connectivity index is 1.79. The van der Waals surface area contributed by atoms with E-state index in [4.69, 9.17) is 4.74 Å². The molecule has 0 heterocycles. The van der Waals surface area contributed by atoms with E-state index in [-0.39, 0.29) is 5.56 Å². The van der Waals surface area contributed by atoms with Crippen molar-refractivity contribution in [2.75, 3.05) is 24.6 Å². The average molecular weight is 387 g/mol. The molecule has 0 aromatic heterocycles. The van der Waals surface area contributed by atoms with E-state index in [1.807, 2.05) is 26.0 Å². The van der Waals surface area contributed by atoms with E-state index in [0.29, 0.717) is 5.56 Å². The van der Waals surface area contributed by atoms with Gasteiger partial charge in [-0.2, -0.15) is 0 Å². The molecule has 0 radical (unpaired) electrons. The molecule has 0 saturated carbocycles. The number of esters is 1. The normalized spacial score (nSPS) is 10.1. The number of rotatable bonds is 7. The molecule has 0 aliphatic carbocycles. The van der Waals surface area contributed by atoms with Crippen molar-refractivity contribution in [1.82, 2.24) is 10.9 Å². The van der Waals surface area contributed by atoms with Crippen molar-refractivity contribution >= 4 is 23.5 Å². The average Bonchev–Trinajstić information content (AvgIpc) is 2.72. The Morgan fingerprint density at radius 3 is 2.04 bits per heavy atom. The monoisotopic (exact) mass is 387 g/mol. The lowest BCUT2D eigenvalue weighted by atomic mass is 10.2. The number of ether oxygens (including phenoxy) is 1. The van der Waals surface area contributed by atoms with Crippen LogP contribution in [0.3, 0.4) is 0 Å². The van der Waals surface area contributed by atoms with Crippen LogP contribution < -0.4 is 15.8 Å². The third-order valence-corrected chi connectivity index (χ3v) is 3.99. The molecule has 0 fully saturated rings. The van der Waals surface area contributed by atoms with Gasteiger partial charge in [0.15, 0.2) is 6.61 Å². The van der Waals surface area contributed by atoms with E-state index < -0.39 is 30.2 Å². The van der Waals surface area contributed by atoms with E-state index in [1.165, 1.54) is 12.1 Å². The quantitative estimate of drug-likeness (QED) is 0.562. The largest absolute Gasteiger partial charge is 0.452 e. The molecule has 8 heteroatoms. The highest BCUT2D eigenvalue weighted by molar-refractivity contribution is 5.96. The second kappa shape index (κ2) is 10.1. The van der Waals surface area contributed by atoms with Crippen LogP contribution in [0.1, 0.15) is 34.6 Å². The summed E-state index contributed by atoms with van der Waals surface area (Å²) in [7, 11) is 0. The van der Waals surface area contributed by atoms with Crippen LogP contribution in [0.25, 0.3) is 0 Å². The van der Waals surface area contributed by atoms with Gasteiger partial charge in [0.2, 0.25) is 0 Å². The highest BCUT2D eigenvalue weighted by Crippen LogP contribution is 2.14. The first-order valence-electron chi connectivity index (χ1n) is 8.81. The summed E-state index contributed by atoms with van der Waals surface area (Å²) < 4.78 is 17.6. The van der Waals surface area contributed by atoms with Crippen molar-refractivity contribution in [3.8, 4) is 0 Å². The van der Waals surface area contributed by atoms with Gasteiger partial charge in [-0.15, -0.1) is 0 Å². The molecular weight excluding hydrogens is 365 g/mol. The predicted octanol–water partition coefficient (Wildman–Crippen LogP) is 2.29. The maximum Gasteiger partial charge on any atom is 0.338 e. The topological polar surface area (TPSA) is 87.7 Å². The lowest BCUT2D eigenvalue weighted by Gasteiger charge is -2.21. The van der Waals surface area contributed by atoms with Gasteiger partial charge in [-0.3, -0.25) is 20.4 Å². The molecule has 148 valence electrons. The second-order valence-electron chi connectivity index (χ2n) is 5.80. The van der Waals surface area contributed by atoms with Gasteiger partial charge in [0.25, 0.3) is 11.8 Å². The minimum atomic E-state index is -0.770. The Labute approximate surface area is 162 Å². The Morgan fingerprint density at radius 1 is 0.893 bits per heavy atom. The number of hydrogen-bond donors (Lipinski definition) is 2. The molecule has 0 unspecified atom stereocenters. The fourth-order valence-electron chi connectivity index (χ4n) is 2.45. The van der Waals surface area contributed by atoms with Gasteiger partial charge in [-0.25, -0.2) is 9.18 Å². The van der Waals surface area contributed by atoms with Crippen LogP contribution in [0.15, 0.2) is 48.5 Å². The van der Waals surface area contributed by atoms with Crippen molar-refractivity contribution < 1.29 is 23.5 Å². The molecule has 2 amide bonds. The predicted molar refractivity (Wildman–Crippen MR) is 102 cm³/mol. The summed E-state index contributed by atoms with van der Waals surface area (Å²) in [6, 6.07) is 11.7. The summed E-state index contributed by atoms with van der Waals surface area (Å²) in [5.74, 6) is -2.46. The minimum Gasteiger partial charge on any atom is -0.452 e.